The normalized spacial score (nSPS) is 12.3. The SMILES string of the molecule is O=C(Nc1ccc(S(=O)(=O)Nc2c(O)cc(S(=O)(=O)O)c3ccccc23)cc1)Nc1ccc(S(=O)(=O)Nc2c(O)cc(S(=O)(=O)O)c3ccccc23)cc1. The fraction of sp³-hybridized carbons (Fsp3) is 0. The molecule has 0 heterocycles. The second-order valence-electron chi connectivity index (χ2n) is 11.4. The van der Waals surface area contributed by atoms with E-state index in [9.17, 15) is 57.8 Å². The number of rotatable bonds is 10. The van der Waals surface area contributed by atoms with Gasteiger partial charge in [0.15, 0.2) is 0 Å². The summed E-state index contributed by atoms with van der Waals surface area (Å²) in [5.41, 5.74) is -0.384. The molecule has 280 valence electrons. The van der Waals surface area contributed by atoms with Gasteiger partial charge in [0.1, 0.15) is 21.3 Å². The van der Waals surface area contributed by atoms with E-state index in [0.29, 0.717) is 0 Å². The van der Waals surface area contributed by atoms with Crippen molar-refractivity contribution < 1.29 is 57.8 Å². The molecule has 0 aliphatic heterocycles. The Morgan fingerprint density at radius 2 is 0.778 bits per heavy atom. The molecule has 0 unspecified atom stereocenters. The molecule has 0 saturated carbocycles. The van der Waals surface area contributed by atoms with E-state index in [2.05, 4.69) is 20.1 Å². The number of sulfonamides is 2. The Hall–Kier alpha value is -5.97. The Bertz CT molecular complexity index is 2740. The van der Waals surface area contributed by atoms with E-state index in [1.54, 1.807) is 0 Å². The molecule has 0 aliphatic rings. The van der Waals surface area contributed by atoms with Gasteiger partial charge in [-0.2, -0.15) is 16.8 Å². The first-order valence-corrected chi connectivity index (χ1v) is 20.9. The van der Waals surface area contributed by atoms with E-state index < -0.39 is 67.6 Å². The van der Waals surface area contributed by atoms with Gasteiger partial charge in [-0.3, -0.25) is 18.5 Å². The van der Waals surface area contributed by atoms with E-state index in [-0.39, 0.29) is 54.1 Å². The molecule has 0 aliphatic carbocycles. The van der Waals surface area contributed by atoms with Gasteiger partial charge in [0.05, 0.1) is 21.2 Å². The molecule has 2 amide bonds. The third-order valence-electron chi connectivity index (χ3n) is 7.85. The first-order valence-electron chi connectivity index (χ1n) is 15.0. The monoisotopic (exact) mass is 814 g/mol. The maximum absolute atomic E-state index is 13.2. The van der Waals surface area contributed by atoms with Crippen LogP contribution in [0.25, 0.3) is 21.5 Å². The van der Waals surface area contributed by atoms with Crippen LogP contribution in [-0.2, 0) is 40.3 Å². The number of benzene rings is 6. The summed E-state index contributed by atoms with van der Waals surface area (Å²) >= 11 is 0. The summed E-state index contributed by atoms with van der Waals surface area (Å²) in [6.45, 7) is 0. The number of urea groups is 1. The van der Waals surface area contributed by atoms with Gasteiger partial charge in [0, 0.05) is 45.1 Å². The second kappa shape index (κ2) is 13.8. The number of carbonyl (C=O) groups excluding carboxylic acids is 1. The number of hydrogen-bond donors (Lipinski definition) is 8. The van der Waals surface area contributed by atoms with Gasteiger partial charge in [0.2, 0.25) is 0 Å². The molecule has 6 aromatic carbocycles. The Morgan fingerprint density at radius 1 is 0.463 bits per heavy atom. The molecule has 17 nitrogen and oxygen atoms in total. The molecule has 0 aromatic heterocycles. The largest absolute Gasteiger partial charge is 0.506 e. The summed E-state index contributed by atoms with van der Waals surface area (Å²) in [5.74, 6) is -1.52. The quantitative estimate of drug-likeness (QED) is 0.0657. The third-order valence-corrected chi connectivity index (χ3v) is 12.4. The molecule has 21 heteroatoms. The molecule has 54 heavy (non-hydrogen) atoms. The van der Waals surface area contributed by atoms with Gasteiger partial charge in [-0.15, -0.1) is 0 Å². The number of phenols is 2. The van der Waals surface area contributed by atoms with Crippen molar-refractivity contribution in [2.24, 2.45) is 0 Å². The van der Waals surface area contributed by atoms with Crippen molar-refractivity contribution in [1.82, 2.24) is 0 Å². The molecule has 0 saturated heterocycles. The first kappa shape index (κ1) is 37.8. The molecule has 6 aromatic rings. The molecule has 6 rings (SSSR count). The lowest BCUT2D eigenvalue weighted by atomic mass is 10.1. The lowest BCUT2D eigenvalue weighted by Crippen LogP contribution is -2.20. The zero-order valence-electron chi connectivity index (χ0n) is 27.0. The average Bonchev–Trinajstić information content (AvgIpc) is 3.10. The Morgan fingerprint density at radius 3 is 1.09 bits per heavy atom. The van der Waals surface area contributed by atoms with Gasteiger partial charge in [-0.25, -0.2) is 21.6 Å². The summed E-state index contributed by atoms with van der Waals surface area (Å²) < 4.78 is 124. The van der Waals surface area contributed by atoms with Crippen LogP contribution in [0.1, 0.15) is 0 Å². The van der Waals surface area contributed by atoms with Crippen LogP contribution in [0.4, 0.5) is 27.5 Å². The lowest BCUT2D eigenvalue weighted by molar-refractivity contribution is 0.262. The summed E-state index contributed by atoms with van der Waals surface area (Å²) in [6.07, 6.45) is 0. The van der Waals surface area contributed by atoms with E-state index in [4.69, 9.17) is 0 Å². The molecule has 0 radical (unpaired) electrons. The van der Waals surface area contributed by atoms with Gasteiger partial charge < -0.3 is 20.8 Å². The highest BCUT2D eigenvalue weighted by Gasteiger charge is 2.25. The van der Waals surface area contributed by atoms with Crippen molar-refractivity contribution in [2.45, 2.75) is 19.6 Å². The highest BCUT2D eigenvalue weighted by molar-refractivity contribution is 7.93. The maximum Gasteiger partial charge on any atom is 0.323 e. The van der Waals surface area contributed by atoms with Crippen molar-refractivity contribution in [3.63, 3.8) is 0 Å². The number of anilines is 4. The summed E-state index contributed by atoms with van der Waals surface area (Å²) in [7, 11) is -18.3. The van der Waals surface area contributed by atoms with Crippen molar-refractivity contribution >= 4 is 90.6 Å². The molecule has 0 spiro atoms. The van der Waals surface area contributed by atoms with Crippen LogP contribution in [0.3, 0.4) is 0 Å². The minimum absolute atomic E-state index is 0.00784. The minimum atomic E-state index is -4.76. The van der Waals surface area contributed by atoms with Crippen molar-refractivity contribution in [3.8, 4) is 11.5 Å². The van der Waals surface area contributed by atoms with Crippen LogP contribution in [-0.4, -0.2) is 59.0 Å². The zero-order valence-corrected chi connectivity index (χ0v) is 30.3. The second-order valence-corrected chi connectivity index (χ2v) is 17.6. The number of amides is 2. The molecular formula is C33H26N4O13S4. The van der Waals surface area contributed by atoms with E-state index in [0.717, 1.165) is 36.4 Å². The number of hydrogen-bond acceptors (Lipinski definition) is 11. The number of aromatic hydroxyl groups is 2. The highest BCUT2D eigenvalue weighted by Crippen LogP contribution is 2.40. The van der Waals surface area contributed by atoms with Gasteiger partial charge in [0.25, 0.3) is 40.3 Å². The van der Waals surface area contributed by atoms with Crippen molar-refractivity contribution in [1.29, 1.82) is 0 Å². The lowest BCUT2D eigenvalue weighted by Gasteiger charge is -2.15. The Kier molecular flexibility index (Phi) is 9.64. The summed E-state index contributed by atoms with van der Waals surface area (Å²) in [6, 6.07) is 21.5. The first-order chi connectivity index (χ1) is 25.2. The predicted molar refractivity (Wildman–Crippen MR) is 198 cm³/mol. The van der Waals surface area contributed by atoms with Gasteiger partial charge in [-0.05, 0) is 48.5 Å². The fourth-order valence-electron chi connectivity index (χ4n) is 5.41. The fourth-order valence-corrected chi connectivity index (χ4v) is 9.04. The number of fused-ring (bicyclic) bond motifs is 2. The van der Waals surface area contributed by atoms with Crippen LogP contribution < -0.4 is 20.1 Å². The number of nitrogens with one attached hydrogen (secondary N) is 4. The Labute approximate surface area is 307 Å². The van der Waals surface area contributed by atoms with Crippen molar-refractivity contribution in [2.75, 3.05) is 20.1 Å². The summed E-state index contributed by atoms with van der Waals surface area (Å²) in [4.78, 5) is 10.9. The zero-order chi connectivity index (χ0) is 39.2. The third kappa shape index (κ3) is 7.71. The van der Waals surface area contributed by atoms with Crippen LogP contribution >= 0.6 is 0 Å². The molecule has 8 N–H and O–H groups in total. The highest BCUT2D eigenvalue weighted by atomic mass is 32.2. The van der Waals surface area contributed by atoms with Crippen LogP contribution in [0, 0.1) is 0 Å². The molecule has 0 bridgehead atoms. The average molecular weight is 815 g/mol. The molecular weight excluding hydrogens is 789 g/mol. The predicted octanol–water partition coefficient (Wildman–Crippen LogP) is 5.14. The van der Waals surface area contributed by atoms with Crippen molar-refractivity contribution in [3.05, 3.63) is 109 Å². The number of phenolic OH excluding ortho intramolecular Hbond substituents is 2. The minimum Gasteiger partial charge on any atom is -0.506 e. The van der Waals surface area contributed by atoms with E-state index in [1.165, 1.54) is 72.8 Å². The topological polar surface area (TPSA) is 283 Å². The smallest absolute Gasteiger partial charge is 0.323 e. The molecule has 0 atom stereocenters. The van der Waals surface area contributed by atoms with Crippen LogP contribution in [0.2, 0.25) is 0 Å². The maximum atomic E-state index is 13.2. The van der Waals surface area contributed by atoms with E-state index in [1.807, 2.05) is 0 Å². The molecule has 0 fully saturated rings. The standard InChI is InChI=1S/C33H26N4O13S4/c38-27-17-29(53(45,46)47)23-5-1-3-7-25(23)31(27)36-51(41,42)21-13-9-19(10-14-21)34-33(40)35-20-11-15-22(16-12-20)52(43,44)37-32-26-8-4-2-6-24(26)30(18-28(32)39)54(48,49)50/h1-18,36-39H,(H2,34,35,40)(H,45,46,47)(H,48,49,50). The van der Waals surface area contributed by atoms with Gasteiger partial charge >= 0.3 is 6.03 Å². The van der Waals surface area contributed by atoms with Crippen LogP contribution in [0.5, 0.6) is 11.5 Å². The van der Waals surface area contributed by atoms with E-state index >= 15 is 0 Å². The van der Waals surface area contributed by atoms with Gasteiger partial charge in [-0.1, -0.05) is 48.5 Å². The van der Waals surface area contributed by atoms with Crippen LogP contribution in [0.15, 0.2) is 129 Å². The summed E-state index contributed by atoms with van der Waals surface area (Å²) in [5, 5.41) is 25.8. The number of carbonyl (C=O) groups is 1. The Balaban J connectivity index is 1.13.